The van der Waals surface area contributed by atoms with Crippen molar-refractivity contribution < 1.29 is 4.79 Å². The Balaban J connectivity index is 2.14. The van der Waals surface area contributed by atoms with Crippen LogP contribution in [0.5, 0.6) is 0 Å². The van der Waals surface area contributed by atoms with E-state index in [1.807, 2.05) is 11.8 Å². The number of carbonyl (C=O) groups is 1. The van der Waals surface area contributed by atoms with Crippen LogP contribution in [0.3, 0.4) is 0 Å². The van der Waals surface area contributed by atoms with Gasteiger partial charge in [-0.15, -0.1) is 0 Å². The molecule has 18 heavy (non-hydrogen) atoms. The minimum atomic E-state index is -0.0757. The molecule has 1 rings (SSSR count). The van der Waals surface area contributed by atoms with Crippen LogP contribution in [0.1, 0.15) is 36.0 Å². The van der Waals surface area contributed by atoms with E-state index in [-0.39, 0.29) is 5.91 Å². The molecule has 1 aromatic rings. The summed E-state index contributed by atoms with van der Waals surface area (Å²) in [5.41, 5.74) is 6.10. The molecule has 0 saturated heterocycles. The summed E-state index contributed by atoms with van der Waals surface area (Å²) in [6.45, 7) is 0.723. The number of thioether (sulfide) groups is 1. The van der Waals surface area contributed by atoms with E-state index < -0.39 is 0 Å². The first-order valence-corrected chi connectivity index (χ1v) is 7.62. The van der Waals surface area contributed by atoms with E-state index in [1.165, 1.54) is 25.0 Å². The average molecular weight is 267 g/mol. The van der Waals surface area contributed by atoms with Gasteiger partial charge in [-0.05, 0) is 37.0 Å². The lowest BCUT2D eigenvalue weighted by Crippen LogP contribution is -2.24. The molecule has 0 spiro atoms. The Hall–Kier alpha value is -1.23. The Morgan fingerprint density at radius 2 is 2.17 bits per heavy atom. The zero-order chi connectivity index (χ0) is 13.2. The molecular weight excluding hydrogens is 246 g/mol. The van der Waals surface area contributed by atoms with Crippen LogP contribution in [0.15, 0.2) is 18.3 Å². The summed E-state index contributed by atoms with van der Waals surface area (Å²) < 4.78 is 0. The Morgan fingerprint density at radius 1 is 1.39 bits per heavy atom. The fraction of sp³-hybridized carbons (Fsp3) is 0.538. The lowest BCUT2D eigenvalue weighted by Gasteiger charge is -2.05. The van der Waals surface area contributed by atoms with Crippen LogP contribution in [0.2, 0.25) is 0 Å². The molecule has 4 nitrogen and oxygen atoms in total. The summed E-state index contributed by atoms with van der Waals surface area (Å²) in [6, 6.07) is 3.26. The summed E-state index contributed by atoms with van der Waals surface area (Å²) >= 11 is 1.88. The molecule has 3 N–H and O–H groups in total. The van der Waals surface area contributed by atoms with Crippen LogP contribution < -0.4 is 11.1 Å². The van der Waals surface area contributed by atoms with Crippen molar-refractivity contribution in [3.05, 3.63) is 23.9 Å². The number of nitrogens with one attached hydrogen (secondary N) is 1. The number of nitrogens with zero attached hydrogens (tertiary/aromatic N) is 1. The highest BCUT2D eigenvalue weighted by molar-refractivity contribution is 7.98. The SMILES string of the molecule is CSCCCCCCNC(=O)c1ccnc(N)c1. The van der Waals surface area contributed by atoms with Crippen molar-refractivity contribution in [2.75, 3.05) is 24.3 Å². The second-order valence-corrected chi connectivity index (χ2v) is 5.12. The van der Waals surface area contributed by atoms with Gasteiger partial charge in [0.1, 0.15) is 5.82 Å². The van der Waals surface area contributed by atoms with E-state index in [0.717, 1.165) is 13.0 Å². The fourth-order valence-corrected chi connectivity index (χ4v) is 2.11. The van der Waals surface area contributed by atoms with Gasteiger partial charge in [-0.25, -0.2) is 4.98 Å². The Bertz CT molecular complexity index is 371. The number of rotatable bonds is 8. The maximum absolute atomic E-state index is 11.7. The molecule has 1 amide bonds. The molecule has 0 atom stereocenters. The number of carbonyl (C=O) groups excluding carboxylic acids is 1. The number of hydrogen-bond donors (Lipinski definition) is 2. The third-order valence-corrected chi connectivity index (χ3v) is 3.30. The molecule has 5 heteroatoms. The monoisotopic (exact) mass is 267 g/mol. The minimum absolute atomic E-state index is 0.0757. The van der Waals surface area contributed by atoms with Gasteiger partial charge in [-0.1, -0.05) is 12.8 Å². The molecule has 100 valence electrons. The number of hydrogen-bond acceptors (Lipinski definition) is 4. The first kappa shape index (κ1) is 14.8. The smallest absolute Gasteiger partial charge is 0.251 e. The number of nitrogen functional groups attached to an aromatic ring is 1. The van der Waals surface area contributed by atoms with Crippen molar-refractivity contribution in [2.24, 2.45) is 0 Å². The zero-order valence-corrected chi connectivity index (χ0v) is 11.6. The highest BCUT2D eigenvalue weighted by Crippen LogP contribution is 2.05. The molecular formula is C13H21N3OS. The van der Waals surface area contributed by atoms with Crippen molar-refractivity contribution in [2.45, 2.75) is 25.7 Å². The molecule has 0 unspecified atom stereocenters. The summed E-state index contributed by atoms with van der Waals surface area (Å²) in [4.78, 5) is 15.6. The van der Waals surface area contributed by atoms with Gasteiger partial charge in [-0.3, -0.25) is 4.79 Å². The highest BCUT2D eigenvalue weighted by Gasteiger charge is 2.04. The zero-order valence-electron chi connectivity index (χ0n) is 10.8. The second kappa shape index (κ2) is 8.80. The first-order valence-electron chi connectivity index (χ1n) is 6.22. The quantitative estimate of drug-likeness (QED) is 0.709. The predicted octanol–water partition coefficient (Wildman–Crippen LogP) is 2.32. The summed E-state index contributed by atoms with van der Waals surface area (Å²) in [6.07, 6.45) is 8.36. The lowest BCUT2D eigenvalue weighted by atomic mass is 10.2. The summed E-state index contributed by atoms with van der Waals surface area (Å²) in [5.74, 6) is 1.52. The number of unbranched alkanes of at least 4 members (excludes halogenated alkanes) is 3. The predicted molar refractivity (Wildman–Crippen MR) is 77.8 cm³/mol. The van der Waals surface area contributed by atoms with Gasteiger partial charge in [0.15, 0.2) is 0 Å². The summed E-state index contributed by atoms with van der Waals surface area (Å²) in [7, 11) is 0. The van der Waals surface area contributed by atoms with Gasteiger partial charge in [0.2, 0.25) is 0 Å². The third-order valence-electron chi connectivity index (χ3n) is 2.60. The van der Waals surface area contributed by atoms with Gasteiger partial charge in [0, 0.05) is 18.3 Å². The van der Waals surface area contributed by atoms with Gasteiger partial charge in [0.25, 0.3) is 5.91 Å². The molecule has 0 aliphatic carbocycles. The van der Waals surface area contributed by atoms with Crippen LogP contribution in [-0.4, -0.2) is 29.4 Å². The topological polar surface area (TPSA) is 68.0 Å². The largest absolute Gasteiger partial charge is 0.384 e. The minimum Gasteiger partial charge on any atom is -0.384 e. The number of pyridine rings is 1. The normalized spacial score (nSPS) is 10.3. The van der Waals surface area contributed by atoms with E-state index >= 15 is 0 Å². The third kappa shape index (κ3) is 5.91. The van der Waals surface area contributed by atoms with Crippen molar-refractivity contribution in [1.29, 1.82) is 0 Å². The van der Waals surface area contributed by atoms with E-state index in [1.54, 1.807) is 18.3 Å². The Kier molecular flexibility index (Phi) is 7.25. The Labute approximate surface area is 113 Å². The van der Waals surface area contributed by atoms with Gasteiger partial charge >= 0.3 is 0 Å². The van der Waals surface area contributed by atoms with Crippen LogP contribution in [0, 0.1) is 0 Å². The molecule has 0 fully saturated rings. The lowest BCUT2D eigenvalue weighted by molar-refractivity contribution is 0.0953. The molecule has 0 saturated carbocycles. The Morgan fingerprint density at radius 3 is 2.89 bits per heavy atom. The van der Waals surface area contributed by atoms with Crippen LogP contribution in [0.25, 0.3) is 0 Å². The number of nitrogens with two attached hydrogens (primary N) is 1. The fourth-order valence-electron chi connectivity index (χ4n) is 1.62. The maximum atomic E-state index is 11.7. The van der Waals surface area contributed by atoms with Crippen LogP contribution >= 0.6 is 11.8 Å². The molecule has 1 aromatic heterocycles. The molecule has 0 radical (unpaired) electrons. The second-order valence-electron chi connectivity index (χ2n) is 4.13. The van der Waals surface area contributed by atoms with Crippen molar-refractivity contribution in [3.63, 3.8) is 0 Å². The molecule has 0 aromatic carbocycles. The number of amides is 1. The first-order chi connectivity index (χ1) is 8.74. The molecule has 1 heterocycles. The summed E-state index contributed by atoms with van der Waals surface area (Å²) in [5, 5.41) is 2.89. The van der Waals surface area contributed by atoms with Crippen LogP contribution in [-0.2, 0) is 0 Å². The maximum Gasteiger partial charge on any atom is 0.251 e. The van der Waals surface area contributed by atoms with E-state index in [4.69, 9.17) is 5.73 Å². The van der Waals surface area contributed by atoms with E-state index in [2.05, 4.69) is 16.6 Å². The van der Waals surface area contributed by atoms with Crippen molar-refractivity contribution in [1.82, 2.24) is 10.3 Å². The van der Waals surface area contributed by atoms with Crippen molar-refractivity contribution >= 4 is 23.5 Å². The standard InChI is InChI=1S/C13H21N3OS/c1-18-9-5-3-2-4-7-16-13(17)11-6-8-15-12(14)10-11/h6,8,10H,2-5,7,9H2,1H3,(H2,14,15)(H,16,17). The molecule has 0 aliphatic heterocycles. The highest BCUT2D eigenvalue weighted by atomic mass is 32.2. The van der Waals surface area contributed by atoms with Gasteiger partial charge < -0.3 is 11.1 Å². The van der Waals surface area contributed by atoms with Crippen LogP contribution in [0.4, 0.5) is 5.82 Å². The van der Waals surface area contributed by atoms with Crippen molar-refractivity contribution in [3.8, 4) is 0 Å². The van der Waals surface area contributed by atoms with E-state index in [0.29, 0.717) is 11.4 Å². The number of anilines is 1. The molecule has 0 bridgehead atoms. The number of aromatic nitrogens is 1. The van der Waals surface area contributed by atoms with Gasteiger partial charge in [-0.2, -0.15) is 11.8 Å². The van der Waals surface area contributed by atoms with E-state index in [9.17, 15) is 4.79 Å². The average Bonchev–Trinajstić information content (AvgIpc) is 2.37. The van der Waals surface area contributed by atoms with Gasteiger partial charge in [0.05, 0.1) is 0 Å². The molecule has 0 aliphatic rings.